The fraction of sp³-hybridized carbons (Fsp3) is 0.846. The zero-order valence-corrected chi connectivity index (χ0v) is 10.7. The second kappa shape index (κ2) is 4.67. The Kier molecular flexibility index (Phi) is 3.40. The number of likely N-dealkylation sites (tertiary alicyclic amines) is 1. The third-order valence-corrected chi connectivity index (χ3v) is 4.47. The molecule has 95 valence electrons. The van der Waals surface area contributed by atoms with Crippen molar-refractivity contribution in [3.63, 3.8) is 0 Å². The molecule has 1 saturated heterocycles. The average Bonchev–Trinajstić information content (AvgIpc) is 2.34. The van der Waals surface area contributed by atoms with Gasteiger partial charge >= 0.3 is 6.41 Å². The Morgan fingerprint density at radius 1 is 1.29 bits per heavy atom. The van der Waals surface area contributed by atoms with E-state index in [0.29, 0.717) is 0 Å². The van der Waals surface area contributed by atoms with Crippen molar-refractivity contribution >= 4 is 12.3 Å². The van der Waals surface area contributed by atoms with Gasteiger partial charge in [-0.2, -0.15) is 0 Å². The van der Waals surface area contributed by atoms with Crippen LogP contribution < -0.4 is 5.32 Å². The maximum Gasteiger partial charge on any atom is 0.309 e. The minimum atomic E-state index is -0.133. The molecule has 0 spiro atoms. The summed E-state index contributed by atoms with van der Waals surface area (Å²) in [5, 5.41) is 2.68. The van der Waals surface area contributed by atoms with Gasteiger partial charge in [0.05, 0.1) is 0 Å². The van der Waals surface area contributed by atoms with Crippen LogP contribution in [0.5, 0.6) is 0 Å². The van der Waals surface area contributed by atoms with Crippen LogP contribution in [0.25, 0.3) is 0 Å². The molecule has 0 aromatic rings. The number of hydrogen-bond donors (Lipinski definition) is 1. The highest BCUT2D eigenvalue weighted by Crippen LogP contribution is 2.47. The molecular weight excluding hydrogens is 216 g/mol. The molecule has 1 saturated carbocycles. The maximum absolute atomic E-state index is 12.3. The largest absolute Gasteiger partial charge is 0.345 e. The van der Waals surface area contributed by atoms with Crippen LogP contribution in [0.1, 0.15) is 39.5 Å². The molecule has 4 heteroatoms. The zero-order valence-electron chi connectivity index (χ0n) is 10.7. The van der Waals surface area contributed by atoms with E-state index in [4.69, 9.17) is 0 Å². The smallest absolute Gasteiger partial charge is 0.309 e. The fourth-order valence-corrected chi connectivity index (χ4v) is 3.00. The zero-order chi connectivity index (χ0) is 12.5. The molecule has 1 heterocycles. The van der Waals surface area contributed by atoms with Crippen molar-refractivity contribution in [1.82, 2.24) is 10.2 Å². The Morgan fingerprint density at radius 2 is 1.94 bits per heavy atom. The molecule has 0 aromatic heterocycles. The van der Waals surface area contributed by atoms with Gasteiger partial charge in [-0.25, -0.2) is 0 Å². The van der Waals surface area contributed by atoms with Crippen LogP contribution in [0.15, 0.2) is 0 Å². The summed E-state index contributed by atoms with van der Waals surface area (Å²) in [6, 6.07) is 0.0961. The third-order valence-electron chi connectivity index (χ3n) is 4.47. The Labute approximate surface area is 103 Å². The van der Waals surface area contributed by atoms with Crippen molar-refractivity contribution in [3.8, 4) is 0 Å². The number of hydrogen-bond acceptors (Lipinski definition) is 2. The van der Waals surface area contributed by atoms with Crippen molar-refractivity contribution in [2.24, 2.45) is 11.3 Å². The highest BCUT2D eigenvalue weighted by Gasteiger charge is 2.52. The highest BCUT2D eigenvalue weighted by atomic mass is 16.2. The lowest BCUT2D eigenvalue weighted by Crippen LogP contribution is -2.61. The van der Waals surface area contributed by atoms with Gasteiger partial charge in [0, 0.05) is 25.0 Å². The predicted molar refractivity (Wildman–Crippen MR) is 64.9 cm³/mol. The summed E-state index contributed by atoms with van der Waals surface area (Å²) < 4.78 is 0. The van der Waals surface area contributed by atoms with Crippen LogP contribution in [-0.4, -0.2) is 36.3 Å². The summed E-state index contributed by atoms with van der Waals surface area (Å²) in [6.45, 7) is 5.92. The lowest BCUT2D eigenvalue weighted by Gasteiger charge is -2.52. The van der Waals surface area contributed by atoms with Gasteiger partial charge in [-0.15, -0.1) is 0 Å². The molecule has 2 amide bonds. The third kappa shape index (κ3) is 2.17. The maximum atomic E-state index is 12.3. The summed E-state index contributed by atoms with van der Waals surface area (Å²) in [4.78, 5) is 24.7. The molecule has 2 fully saturated rings. The lowest BCUT2D eigenvalue weighted by atomic mass is 9.58. The Morgan fingerprint density at radius 3 is 2.47 bits per heavy atom. The quantitative estimate of drug-likeness (QED) is 0.746. The Bertz CT molecular complexity index is 309. The summed E-state index contributed by atoms with van der Waals surface area (Å²) in [5.74, 6) is 0.338. The summed E-state index contributed by atoms with van der Waals surface area (Å²) in [6.07, 6.45) is 5.99. The van der Waals surface area contributed by atoms with Gasteiger partial charge in [-0.1, -0.05) is 13.8 Å². The van der Waals surface area contributed by atoms with Crippen molar-refractivity contribution in [2.45, 2.75) is 45.6 Å². The van der Waals surface area contributed by atoms with E-state index in [-0.39, 0.29) is 23.3 Å². The van der Waals surface area contributed by atoms with Crippen LogP contribution in [0.4, 0.5) is 0 Å². The van der Waals surface area contributed by atoms with Gasteiger partial charge in [-0.3, -0.25) is 9.59 Å². The summed E-state index contributed by atoms with van der Waals surface area (Å²) in [5.41, 5.74) is -0.133. The topological polar surface area (TPSA) is 49.4 Å². The van der Waals surface area contributed by atoms with Gasteiger partial charge in [0.25, 0.3) is 0 Å². The Balaban J connectivity index is 1.95. The number of nitrogens with one attached hydrogen (secondary N) is 1. The molecule has 1 aliphatic heterocycles. The van der Waals surface area contributed by atoms with Crippen molar-refractivity contribution in [3.05, 3.63) is 0 Å². The first-order valence-corrected chi connectivity index (χ1v) is 6.49. The molecule has 2 rings (SSSR count). The van der Waals surface area contributed by atoms with Crippen LogP contribution in [0.2, 0.25) is 0 Å². The number of carbonyl (C=O) groups is 1. The normalized spacial score (nSPS) is 31.5. The monoisotopic (exact) mass is 237 g/mol. The molecule has 0 aromatic carbocycles. The van der Waals surface area contributed by atoms with Crippen LogP contribution in [0, 0.1) is 11.3 Å². The van der Waals surface area contributed by atoms with E-state index in [1.165, 1.54) is 6.42 Å². The second-order valence-corrected chi connectivity index (χ2v) is 5.79. The van der Waals surface area contributed by atoms with E-state index in [2.05, 4.69) is 19.2 Å². The number of piperidine rings is 1. The molecule has 0 bridgehead atoms. The predicted octanol–water partition coefficient (Wildman–Crippen LogP) is 1.07. The number of nitrogens with zero attached hydrogens (tertiary/aromatic N) is 1. The van der Waals surface area contributed by atoms with Gasteiger partial charge in [0.1, 0.15) is 0 Å². The lowest BCUT2D eigenvalue weighted by molar-refractivity contribution is -0.148. The van der Waals surface area contributed by atoms with E-state index < -0.39 is 0 Å². The minimum absolute atomic E-state index is 0.0615. The molecule has 1 aliphatic carbocycles. The Hall–Kier alpha value is -1.06. The second-order valence-electron chi connectivity index (χ2n) is 5.79. The highest BCUT2D eigenvalue weighted by molar-refractivity contribution is 5.81. The first kappa shape index (κ1) is 12.4. The first-order chi connectivity index (χ1) is 8.07. The number of carbonyl (C=O) groups excluding carboxylic acids is 2. The van der Waals surface area contributed by atoms with E-state index in [9.17, 15) is 9.59 Å². The fourth-order valence-electron chi connectivity index (χ4n) is 3.00. The number of rotatable bonds is 3. The molecular formula is C13H21N2O2. The average molecular weight is 237 g/mol. The van der Waals surface area contributed by atoms with Crippen LogP contribution >= 0.6 is 0 Å². The molecule has 2 atom stereocenters. The summed E-state index contributed by atoms with van der Waals surface area (Å²) >= 11 is 0. The van der Waals surface area contributed by atoms with E-state index >= 15 is 0 Å². The van der Waals surface area contributed by atoms with Crippen molar-refractivity contribution < 1.29 is 9.59 Å². The molecule has 4 nitrogen and oxygen atoms in total. The standard InChI is InChI=1S/C13H21N2O2/c1-13(2)10(8-11(13)14-9-16)12(17)15-6-4-3-5-7-15/h10-11H,3-8H2,1-2H3,(H,14,16)/t10-,11+/m0/s1. The SMILES string of the molecule is CC1(C)[C@H](N[C]=O)C[C@H]1C(=O)N1CCCCC1. The number of amides is 2. The van der Waals surface area contributed by atoms with E-state index in [1.54, 1.807) is 6.41 Å². The van der Waals surface area contributed by atoms with Gasteiger partial charge < -0.3 is 10.2 Å². The van der Waals surface area contributed by atoms with Gasteiger partial charge in [0.15, 0.2) is 0 Å². The van der Waals surface area contributed by atoms with Gasteiger partial charge in [0.2, 0.25) is 5.91 Å². The molecule has 1 radical (unpaired) electrons. The van der Waals surface area contributed by atoms with Crippen LogP contribution in [-0.2, 0) is 9.59 Å². The van der Waals surface area contributed by atoms with Gasteiger partial charge in [-0.05, 0) is 31.1 Å². The minimum Gasteiger partial charge on any atom is -0.345 e. The molecule has 0 unspecified atom stereocenters. The summed E-state index contributed by atoms with van der Waals surface area (Å²) in [7, 11) is 0. The van der Waals surface area contributed by atoms with Crippen molar-refractivity contribution in [2.75, 3.05) is 13.1 Å². The van der Waals surface area contributed by atoms with Crippen LogP contribution in [0.3, 0.4) is 0 Å². The van der Waals surface area contributed by atoms with E-state index in [0.717, 1.165) is 32.4 Å². The van der Waals surface area contributed by atoms with Crippen molar-refractivity contribution in [1.29, 1.82) is 0 Å². The molecule has 1 N–H and O–H groups in total. The van der Waals surface area contributed by atoms with E-state index in [1.807, 2.05) is 4.90 Å². The molecule has 2 aliphatic rings. The molecule has 17 heavy (non-hydrogen) atoms. The first-order valence-electron chi connectivity index (χ1n) is 6.49.